The lowest BCUT2D eigenvalue weighted by Crippen LogP contribution is -2.22. The number of Topliss-reactive ketones (excluding diaryl/α,β-unsaturated/α-hetero) is 1. The van der Waals surface area contributed by atoms with Gasteiger partial charge in [0.1, 0.15) is 5.78 Å². The fraction of sp³-hybridized carbons (Fsp3) is 0.947. The lowest BCUT2D eigenvalue weighted by Gasteiger charge is -2.21. The maximum Gasteiger partial charge on any atom is 0.389 e. The normalized spacial score (nSPS) is 15.1. The number of rotatable bonds is 14. The highest BCUT2D eigenvalue weighted by Crippen LogP contribution is 2.33. The highest BCUT2D eigenvalue weighted by atomic mass is 19.4. The molecule has 0 amide bonds. The van der Waals surface area contributed by atoms with Gasteiger partial charge in [-0.1, -0.05) is 52.4 Å². The van der Waals surface area contributed by atoms with Gasteiger partial charge in [0, 0.05) is 25.7 Å². The van der Waals surface area contributed by atoms with Crippen molar-refractivity contribution in [1.29, 1.82) is 0 Å². The van der Waals surface area contributed by atoms with Crippen LogP contribution >= 0.6 is 0 Å². The zero-order valence-corrected chi connectivity index (χ0v) is 15.8. The van der Waals surface area contributed by atoms with Gasteiger partial charge in [0.15, 0.2) is 0 Å². The maximum atomic E-state index is 12.7. The first-order valence-electron chi connectivity index (χ1n) is 9.62. The second-order valence-electron chi connectivity index (χ2n) is 7.31. The minimum atomic E-state index is -4.36. The van der Waals surface area contributed by atoms with E-state index in [0.29, 0.717) is 25.7 Å². The molecule has 0 radical (unpaired) electrons. The van der Waals surface area contributed by atoms with E-state index in [1.165, 1.54) is 0 Å². The van der Waals surface area contributed by atoms with Crippen molar-refractivity contribution in [2.24, 2.45) is 11.8 Å². The van der Waals surface area contributed by atoms with Crippen LogP contribution in [0.15, 0.2) is 0 Å². The Hall–Kier alpha value is -0.750. The molecular weight excluding hydrogens is 358 g/mol. The molecule has 2 atom stereocenters. The number of carbonyl (C=O) groups is 1. The predicted octanol–water partition coefficient (Wildman–Crippen LogP) is 7.63. The highest BCUT2D eigenvalue weighted by molar-refractivity contribution is 5.78. The quantitative estimate of drug-likeness (QED) is 0.220. The number of hydrogen-bond acceptors (Lipinski definition) is 1. The molecule has 0 aromatic heterocycles. The Bertz CT molecular complexity index is 341. The molecule has 0 fully saturated rings. The Balaban J connectivity index is 4.71. The van der Waals surface area contributed by atoms with E-state index in [4.69, 9.17) is 0 Å². The van der Waals surface area contributed by atoms with Crippen molar-refractivity contribution in [3.05, 3.63) is 0 Å². The zero-order valence-electron chi connectivity index (χ0n) is 15.8. The van der Waals surface area contributed by atoms with Gasteiger partial charge < -0.3 is 0 Å². The van der Waals surface area contributed by atoms with Crippen LogP contribution in [-0.2, 0) is 4.79 Å². The minimum absolute atomic E-state index is 0.272. The second kappa shape index (κ2) is 12.6. The van der Waals surface area contributed by atoms with Crippen molar-refractivity contribution in [2.75, 3.05) is 0 Å². The summed E-state index contributed by atoms with van der Waals surface area (Å²) in [6.07, 6.45) is -6.26. The van der Waals surface area contributed by atoms with Gasteiger partial charge in [0.05, 0.1) is 0 Å². The number of alkyl halides is 6. The molecule has 0 bridgehead atoms. The van der Waals surface area contributed by atoms with Crippen LogP contribution in [0.5, 0.6) is 0 Å². The molecule has 0 heterocycles. The lowest BCUT2D eigenvalue weighted by molar-refractivity contribution is -0.149. The molecule has 0 rings (SSSR count). The third-order valence-electron chi connectivity index (χ3n) is 4.50. The van der Waals surface area contributed by atoms with E-state index in [1.807, 2.05) is 13.8 Å². The summed E-state index contributed by atoms with van der Waals surface area (Å²) in [6, 6.07) is 0. The number of carbonyl (C=O) groups excluding carboxylic acids is 1. The molecule has 156 valence electrons. The lowest BCUT2D eigenvalue weighted by atomic mass is 9.86. The van der Waals surface area contributed by atoms with Crippen LogP contribution in [0.2, 0.25) is 0 Å². The SMILES string of the molecule is CCCCCC(CC(=O)CC(CCCCC)CC(F)(F)F)CC(F)(F)F. The van der Waals surface area contributed by atoms with E-state index in [9.17, 15) is 31.1 Å². The molecule has 0 aromatic carbocycles. The first-order chi connectivity index (χ1) is 12.0. The molecular formula is C19H32F6O. The monoisotopic (exact) mass is 390 g/mol. The van der Waals surface area contributed by atoms with E-state index in [-0.39, 0.29) is 12.8 Å². The van der Waals surface area contributed by atoms with Gasteiger partial charge in [-0.3, -0.25) is 4.79 Å². The van der Waals surface area contributed by atoms with Crippen LogP contribution < -0.4 is 0 Å². The van der Waals surface area contributed by atoms with Gasteiger partial charge in [-0.05, 0) is 24.7 Å². The van der Waals surface area contributed by atoms with Crippen LogP contribution in [0, 0.1) is 11.8 Å². The molecule has 0 aliphatic rings. The van der Waals surface area contributed by atoms with Gasteiger partial charge >= 0.3 is 12.4 Å². The average molecular weight is 390 g/mol. The Morgan fingerprint density at radius 2 is 1.04 bits per heavy atom. The maximum absolute atomic E-state index is 12.7. The fourth-order valence-corrected chi connectivity index (χ4v) is 3.30. The molecule has 0 saturated carbocycles. The Kier molecular flexibility index (Phi) is 12.2. The fourth-order valence-electron chi connectivity index (χ4n) is 3.30. The van der Waals surface area contributed by atoms with Gasteiger partial charge in [0.25, 0.3) is 0 Å². The predicted molar refractivity (Wildman–Crippen MR) is 90.8 cm³/mol. The summed E-state index contributed by atoms with van der Waals surface area (Å²) in [7, 11) is 0. The van der Waals surface area contributed by atoms with Crippen molar-refractivity contribution in [1.82, 2.24) is 0 Å². The van der Waals surface area contributed by atoms with Crippen molar-refractivity contribution in [2.45, 2.75) is 103 Å². The van der Waals surface area contributed by atoms with Gasteiger partial charge in [-0.25, -0.2) is 0 Å². The molecule has 0 saturated heterocycles. The van der Waals surface area contributed by atoms with E-state index < -0.39 is 42.8 Å². The van der Waals surface area contributed by atoms with E-state index in [0.717, 1.165) is 25.7 Å². The summed E-state index contributed by atoms with van der Waals surface area (Å²) in [5.74, 6) is -2.12. The van der Waals surface area contributed by atoms with Crippen LogP contribution in [-0.4, -0.2) is 18.1 Å². The van der Waals surface area contributed by atoms with Crippen LogP contribution in [0.1, 0.15) is 90.9 Å². The van der Waals surface area contributed by atoms with Crippen molar-refractivity contribution >= 4 is 5.78 Å². The average Bonchev–Trinajstić information content (AvgIpc) is 2.44. The Morgan fingerprint density at radius 1 is 0.692 bits per heavy atom. The number of hydrogen-bond donors (Lipinski definition) is 0. The van der Waals surface area contributed by atoms with Crippen LogP contribution in [0.4, 0.5) is 26.3 Å². The third kappa shape index (κ3) is 15.5. The van der Waals surface area contributed by atoms with Crippen molar-refractivity contribution in [3.63, 3.8) is 0 Å². The molecule has 26 heavy (non-hydrogen) atoms. The summed E-state index contributed by atoms with van der Waals surface area (Å²) in [6.45, 7) is 3.86. The third-order valence-corrected chi connectivity index (χ3v) is 4.50. The molecule has 0 spiro atoms. The van der Waals surface area contributed by atoms with Crippen LogP contribution in [0.3, 0.4) is 0 Å². The Morgan fingerprint density at radius 3 is 1.31 bits per heavy atom. The largest absolute Gasteiger partial charge is 0.389 e. The summed E-state index contributed by atoms with van der Waals surface area (Å²) < 4.78 is 76.2. The zero-order chi connectivity index (χ0) is 20.2. The van der Waals surface area contributed by atoms with E-state index >= 15 is 0 Å². The molecule has 7 heteroatoms. The van der Waals surface area contributed by atoms with E-state index in [1.54, 1.807) is 0 Å². The second-order valence-corrected chi connectivity index (χ2v) is 7.31. The van der Waals surface area contributed by atoms with Gasteiger partial charge in [0.2, 0.25) is 0 Å². The summed E-state index contributed by atoms with van der Waals surface area (Å²) in [5, 5.41) is 0. The first-order valence-corrected chi connectivity index (χ1v) is 9.62. The topological polar surface area (TPSA) is 17.1 Å². The standard InChI is InChI=1S/C19H32F6O/c1-3-5-7-9-15(13-18(20,21)22)11-17(26)12-16(10-8-6-4-2)14-19(23,24)25/h15-16H,3-14H2,1-2H3. The molecule has 0 aromatic rings. The number of halogens is 6. The summed E-state index contributed by atoms with van der Waals surface area (Å²) in [5.41, 5.74) is 0. The molecule has 0 aliphatic carbocycles. The van der Waals surface area contributed by atoms with Crippen molar-refractivity contribution in [3.8, 4) is 0 Å². The van der Waals surface area contributed by atoms with Gasteiger partial charge in [-0.15, -0.1) is 0 Å². The van der Waals surface area contributed by atoms with Gasteiger partial charge in [-0.2, -0.15) is 26.3 Å². The summed E-state index contributed by atoms with van der Waals surface area (Å²) in [4.78, 5) is 12.2. The first kappa shape index (κ1) is 25.2. The van der Waals surface area contributed by atoms with Crippen molar-refractivity contribution < 1.29 is 31.1 Å². The smallest absolute Gasteiger partial charge is 0.300 e. The Labute approximate surface area is 152 Å². The summed E-state index contributed by atoms with van der Waals surface area (Å²) >= 11 is 0. The number of ketones is 1. The molecule has 1 nitrogen and oxygen atoms in total. The molecule has 0 N–H and O–H groups in total. The van der Waals surface area contributed by atoms with E-state index in [2.05, 4.69) is 0 Å². The molecule has 2 unspecified atom stereocenters. The van der Waals surface area contributed by atoms with Crippen LogP contribution in [0.25, 0.3) is 0 Å². The molecule has 0 aliphatic heterocycles. The highest BCUT2D eigenvalue weighted by Gasteiger charge is 2.35. The minimum Gasteiger partial charge on any atom is -0.300 e. The number of unbranched alkanes of at least 4 members (excludes halogenated alkanes) is 4.